The van der Waals surface area contributed by atoms with Crippen molar-refractivity contribution in [2.24, 2.45) is 0 Å². The summed E-state index contributed by atoms with van der Waals surface area (Å²) < 4.78 is 0. The second-order valence-corrected chi connectivity index (χ2v) is 6.95. The molecule has 0 amide bonds. The van der Waals surface area contributed by atoms with Gasteiger partial charge in [0.25, 0.3) is 0 Å². The van der Waals surface area contributed by atoms with E-state index < -0.39 is 0 Å². The minimum atomic E-state index is 0.260. The molecule has 2 N–H and O–H groups in total. The molecule has 1 aromatic carbocycles. The fraction of sp³-hybridized carbons (Fsp3) is 0.471. The molecule has 0 bridgehead atoms. The van der Waals surface area contributed by atoms with Gasteiger partial charge in [-0.1, -0.05) is 13.0 Å². The van der Waals surface area contributed by atoms with Crippen LogP contribution in [0.5, 0.6) is 5.75 Å². The standard InChI is InChI=1S/C17H22N2OS/c1-10-4-5-14(20)17-13(8-11(2)16(10)17)18-7-6-15-19-12(3)9-21-15/h4-5,9,11,13,18,20H,6-8H2,1-3H3. The number of fused-ring (bicyclic) bond motifs is 1. The van der Waals surface area contributed by atoms with Crippen LogP contribution in [0.4, 0.5) is 0 Å². The number of aromatic nitrogens is 1. The Hall–Kier alpha value is -1.39. The quantitative estimate of drug-likeness (QED) is 0.902. The van der Waals surface area contributed by atoms with Gasteiger partial charge in [0.1, 0.15) is 5.75 Å². The number of nitrogens with zero attached hydrogens (tertiary/aromatic N) is 1. The van der Waals surface area contributed by atoms with Crippen LogP contribution in [0.25, 0.3) is 0 Å². The maximum absolute atomic E-state index is 10.2. The van der Waals surface area contributed by atoms with Gasteiger partial charge in [0.15, 0.2) is 0 Å². The second kappa shape index (κ2) is 5.78. The summed E-state index contributed by atoms with van der Waals surface area (Å²) in [5.74, 6) is 0.939. The molecule has 3 rings (SSSR count). The van der Waals surface area contributed by atoms with Gasteiger partial charge in [-0.2, -0.15) is 0 Å². The van der Waals surface area contributed by atoms with Crippen molar-refractivity contribution in [3.8, 4) is 5.75 Å². The van der Waals surface area contributed by atoms with Crippen molar-refractivity contribution in [2.45, 2.75) is 45.6 Å². The molecule has 112 valence electrons. The van der Waals surface area contributed by atoms with Crippen LogP contribution in [-0.4, -0.2) is 16.6 Å². The topological polar surface area (TPSA) is 45.1 Å². The number of aromatic hydroxyl groups is 1. The molecular weight excluding hydrogens is 280 g/mol. The molecule has 2 atom stereocenters. The van der Waals surface area contributed by atoms with Gasteiger partial charge in [0.05, 0.1) is 5.01 Å². The van der Waals surface area contributed by atoms with Crippen LogP contribution in [0.2, 0.25) is 0 Å². The minimum Gasteiger partial charge on any atom is -0.508 e. The molecule has 4 heteroatoms. The van der Waals surface area contributed by atoms with Crippen molar-refractivity contribution in [1.29, 1.82) is 0 Å². The molecule has 0 spiro atoms. The Morgan fingerprint density at radius 3 is 2.86 bits per heavy atom. The zero-order chi connectivity index (χ0) is 15.0. The molecule has 3 nitrogen and oxygen atoms in total. The molecule has 2 aromatic rings. The predicted octanol–water partition coefficient (Wildman–Crippen LogP) is 3.85. The molecule has 1 aliphatic carbocycles. The average molecular weight is 302 g/mol. The van der Waals surface area contributed by atoms with E-state index in [2.05, 4.69) is 29.5 Å². The second-order valence-electron chi connectivity index (χ2n) is 6.01. The Kier molecular flexibility index (Phi) is 4.00. The maximum atomic E-state index is 10.2. The molecule has 2 unspecified atom stereocenters. The first kappa shape index (κ1) is 14.5. The summed E-state index contributed by atoms with van der Waals surface area (Å²) in [7, 11) is 0. The molecule has 0 saturated heterocycles. The van der Waals surface area contributed by atoms with Crippen LogP contribution in [0.1, 0.15) is 52.7 Å². The zero-order valence-electron chi connectivity index (χ0n) is 12.8. The van der Waals surface area contributed by atoms with Gasteiger partial charge in [-0.25, -0.2) is 4.98 Å². The molecule has 1 aromatic heterocycles. The monoisotopic (exact) mass is 302 g/mol. The first-order chi connectivity index (χ1) is 10.1. The molecule has 0 aliphatic heterocycles. The number of phenolic OH excluding ortho intramolecular Hbond substituents is 1. The average Bonchev–Trinajstić information content (AvgIpc) is 2.99. The molecular formula is C17H22N2OS. The molecule has 0 saturated carbocycles. The number of hydrogen-bond acceptors (Lipinski definition) is 4. The van der Waals surface area contributed by atoms with Gasteiger partial charge in [-0.15, -0.1) is 11.3 Å². The van der Waals surface area contributed by atoms with Gasteiger partial charge >= 0.3 is 0 Å². The molecule has 0 radical (unpaired) electrons. The third-order valence-electron chi connectivity index (χ3n) is 4.31. The first-order valence-electron chi connectivity index (χ1n) is 7.53. The van der Waals surface area contributed by atoms with Crippen LogP contribution >= 0.6 is 11.3 Å². The summed E-state index contributed by atoms with van der Waals surface area (Å²) in [5, 5.41) is 17.1. The fourth-order valence-electron chi connectivity index (χ4n) is 3.40. The van der Waals surface area contributed by atoms with E-state index in [0.29, 0.717) is 11.7 Å². The summed E-state index contributed by atoms with van der Waals surface area (Å²) in [4.78, 5) is 4.49. The Labute approximate surface area is 130 Å². The van der Waals surface area contributed by atoms with Crippen LogP contribution < -0.4 is 5.32 Å². The highest BCUT2D eigenvalue weighted by molar-refractivity contribution is 7.09. The van der Waals surface area contributed by atoms with E-state index in [1.807, 2.05) is 19.1 Å². The summed E-state index contributed by atoms with van der Waals surface area (Å²) in [6.07, 6.45) is 2.01. The van der Waals surface area contributed by atoms with Crippen LogP contribution in [-0.2, 0) is 6.42 Å². The van der Waals surface area contributed by atoms with Crippen molar-refractivity contribution < 1.29 is 5.11 Å². The zero-order valence-corrected chi connectivity index (χ0v) is 13.6. The Balaban J connectivity index is 1.70. The lowest BCUT2D eigenvalue weighted by atomic mass is 9.97. The third-order valence-corrected chi connectivity index (χ3v) is 5.34. The van der Waals surface area contributed by atoms with Crippen LogP contribution in [0, 0.1) is 13.8 Å². The lowest BCUT2D eigenvalue weighted by Gasteiger charge is -2.15. The number of phenols is 1. The largest absolute Gasteiger partial charge is 0.508 e. The highest BCUT2D eigenvalue weighted by atomic mass is 32.1. The van der Waals surface area contributed by atoms with E-state index in [-0.39, 0.29) is 6.04 Å². The number of aryl methyl sites for hydroxylation is 2. The number of benzene rings is 1. The first-order valence-corrected chi connectivity index (χ1v) is 8.41. The van der Waals surface area contributed by atoms with Gasteiger partial charge < -0.3 is 10.4 Å². The van der Waals surface area contributed by atoms with E-state index in [9.17, 15) is 5.11 Å². The minimum absolute atomic E-state index is 0.260. The van der Waals surface area contributed by atoms with E-state index in [4.69, 9.17) is 0 Å². The third kappa shape index (κ3) is 2.83. The van der Waals surface area contributed by atoms with Gasteiger partial charge in [0.2, 0.25) is 0 Å². The number of nitrogens with one attached hydrogen (secondary N) is 1. The summed E-state index contributed by atoms with van der Waals surface area (Å²) in [6, 6.07) is 4.10. The van der Waals surface area contributed by atoms with Crippen molar-refractivity contribution >= 4 is 11.3 Å². The van der Waals surface area contributed by atoms with Crippen LogP contribution in [0.3, 0.4) is 0 Å². The van der Waals surface area contributed by atoms with Crippen LogP contribution in [0.15, 0.2) is 17.5 Å². The smallest absolute Gasteiger partial charge is 0.120 e. The lowest BCUT2D eigenvalue weighted by Crippen LogP contribution is -2.22. The van der Waals surface area contributed by atoms with E-state index >= 15 is 0 Å². The predicted molar refractivity (Wildman–Crippen MR) is 87.2 cm³/mol. The molecule has 21 heavy (non-hydrogen) atoms. The number of hydrogen-bond donors (Lipinski definition) is 2. The van der Waals surface area contributed by atoms with Crippen molar-refractivity contribution in [3.05, 3.63) is 44.9 Å². The Morgan fingerprint density at radius 1 is 1.33 bits per heavy atom. The highest BCUT2D eigenvalue weighted by Crippen LogP contribution is 2.45. The molecule has 1 heterocycles. The Bertz CT molecular complexity index is 650. The van der Waals surface area contributed by atoms with E-state index in [1.54, 1.807) is 11.3 Å². The molecule has 1 aliphatic rings. The van der Waals surface area contributed by atoms with Crippen molar-refractivity contribution in [2.75, 3.05) is 6.54 Å². The SMILES string of the molecule is Cc1csc(CCNC2CC(C)c3c(C)ccc(O)c32)n1. The fourth-order valence-corrected chi connectivity index (χ4v) is 4.18. The van der Waals surface area contributed by atoms with E-state index in [0.717, 1.165) is 30.6 Å². The summed E-state index contributed by atoms with van der Waals surface area (Å²) in [6.45, 7) is 7.31. The van der Waals surface area contributed by atoms with Crippen molar-refractivity contribution in [1.82, 2.24) is 10.3 Å². The lowest BCUT2D eigenvalue weighted by molar-refractivity contribution is 0.446. The summed E-state index contributed by atoms with van der Waals surface area (Å²) >= 11 is 1.72. The maximum Gasteiger partial charge on any atom is 0.120 e. The number of thiazole rings is 1. The van der Waals surface area contributed by atoms with Gasteiger partial charge in [0, 0.05) is 35.6 Å². The van der Waals surface area contributed by atoms with Gasteiger partial charge in [-0.05, 0) is 43.4 Å². The van der Waals surface area contributed by atoms with Gasteiger partial charge in [-0.3, -0.25) is 0 Å². The Morgan fingerprint density at radius 2 is 2.14 bits per heavy atom. The normalized spacial score (nSPS) is 20.7. The summed E-state index contributed by atoms with van der Waals surface area (Å²) in [5.41, 5.74) is 4.83. The number of rotatable bonds is 4. The highest BCUT2D eigenvalue weighted by Gasteiger charge is 2.31. The van der Waals surface area contributed by atoms with E-state index in [1.165, 1.54) is 16.1 Å². The molecule has 0 fully saturated rings. The van der Waals surface area contributed by atoms with Crippen molar-refractivity contribution in [3.63, 3.8) is 0 Å².